The molecular formula is C11H14N2O6. The van der Waals surface area contributed by atoms with E-state index in [0.29, 0.717) is 0 Å². The summed E-state index contributed by atoms with van der Waals surface area (Å²) in [6, 6.07) is 2.90. The monoisotopic (exact) mass is 270 g/mol. The highest BCUT2D eigenvalue weighted by Crippen LogP contribution is 2.26. The number of aliphatic hydroxyl groups excluding tert-OH is 2. The highest BCUT2D eigenvalue weighted by molar-refractivity contribution is 5.91. The number of hydrogen-bond acceptors (Lipinski definition) is 7. The third-order valence-electron chi connectivity index (χ3n) is 2.41. The van der Waals surface area contributed by atoms with Gasteiger partial charge >= 0.3 is 5.97 Å². The minimum Gasteiger partial charge on any atom is -0.465 e. The molecule has 3 N–H and O–H groups in total. The number of esters is 1. The zero-order chi connectivity index (χ0) is 14.4. The number of nitrogens with zero attached hydrogens (tertiary/aromatic N) is 1. The molecule has 0 unspecified atom stereocenters. The van der Waals surface area contributed by atoms with E-state index in [1.807, 2.05) is 0 Å². The fourth-order valence-electron chi connectivity index (χ4n) is 1.42. The van der Waals surface area contributed by atoms with Crippen LogP contribution in [0.4, 0.5) is 11.4 Å². The topological polar surface area (TPSA) is 122 Å². The molecule has 8 nitrogen and oxygen atoms in total. The molecule has 0 saturated carbocycles. The van der Waals surface area contributed by atoms with Gasteiger partial charge < -0.3 is 20.3 Å². The standard InChI is InChI=1S/C11H14N2O6/c1-19-11(16)7-2-3-10(13(17)18)9(4-7)12-8(5-14)6-15/h2-4,8,12,14-15H,5-6H2,1H3. The Morgan fingerprint density at radius 2 is 2.11 bits per heavy atom. The maximum Gasteiger partial charge on any atom is 0.337 e. The van der Waals surface area contributed by atoms with Crippen LogP contribution in [-0.4, -0.2) is 47.5 Å². The Hall–Kier alpha value is -2.19. The first-order valence-electron chi connectivity index (χ1n) is 5.38. The molecular weight excluding hydrogens is 256 g/mol. The van der Waals surface area contributed by atoms with Gasteiger partial charge in [-0.3, -0.25) is 10.1 Å². The molecule has 0 aromatic heterocycles. The van der Waals surface area contributed by atoms with E-state index in [4.69, 9.17) is 10.2 Å². The van der Waals surface area contributed by atoms with Crippen molar-refractivity contribution < 1.29 is 24.7 Å². The van der Waals surface area contributed by atoms with Gasteiger partial charge in [-0.1, -0.05) is 0 Å². The number of rotatable bonds is 6. The maximum absolute atomic E-state index is 11.4. The molecule has 0 amide bonds. The van der Waals surface area contributed by atoms with Crippen molar-refractivity contribution in [1.82, 2.24) is 0 Å². The second-order valence-electron chi connectivity index (χ2n) is 3.69. The number of nitrogens with one attached hydrogen (secondary N) is 1. The van der Waals surface area contributed by atoms with E-state index in [9.17, 15) is 14.9 Å². The van der Waals surface area contributed by atoms with Crippen molar-refractivity contribution in [2.24, 2.45) is 0 Å². The van der Waals surface area contributed by atoms with Crippen molar-refractivity contribution in [2.75, 3.05) is 25.6 Å². The average molecular weight is 270 g/mol. The van der Waals surface area contributed by atoms with Crippen LogP contribution < -0.4 is 5.32 Å². The van der Waals surface area contributed by atoms with E-state index in [2.05, 4.69) is 10.1 Å². The summed E-state index contributed by atoms with van der Waals surface area (Å²) in [5.74, 6) is -0.637. The maximum atomic E-state index is 11.4. The summed E-state index contributed by atoms with van der Waals surface area (Å²) in [5, 5.41) is 31.4. The molecule has 0 heterocycles. The SMILES string of the molecule is COC(=O)c1ccc([N+](=O)[O-])c(NC(CO)CO)c1. The van der Waals surface area contributed by atoms with Gasteiger partial charge in [-0.25, -0.2) is 4.79 Å². The Balaban J connectivity index is 3.15. The lowest BCUT2D eigenvalue weighted by atomic mass is 10.1. The minimum atomic E-state index is -0.758. The summed E-state index contributed by atoms with van der Waals surface area (Å²) in [7, 11) is 1.20. The number of hydrogen-bond donors (Lipinski definition) is 3. The molecule has 0 atom stereocenters. The van der Waals surface area contributed by atoms with Crippen LogP contribution in [0.25, 0.3) is 0 Å². The Morgan fingerprint density at radius 1 is 1.47 bits per heavy atom. The van der Waals surface area contributed by atoms with Crippen LogP contribution >= 0.6 is 0 Å². The number of carbonyl (C=O) groups excluding carboxylic acids is 1. The lowest BCUT2D eigenvalue weighted by Gasteiger charge is -2.15. The molecule has 0 fully saturated rings. The zero-order valence-corrected chi connectivity index (χ0v) is 10.2. The first kappa shape index (κ1) is 14.9. The normalized spacial score (nSPS) is 10.3. The van der Waals surface area contributed by atoms with E-state index < -0.39 is 30.1 Å². The summed E-state index contributed by atoms with van der Waals surface area (Å²) in [4.78, 5) is 21.6. The number of benzene rings is 1. The summed E-state index contributed by atoms with van der Waals surface area (Å²) < 4.78 is 4.51. The molecule has 0 aliphatic heterocycles. The van der Waals surface area contributed by atoms with E-state index in [-0.39, 0.29) is 16.9 Å². The molecule has 1 rings (SSSR count). The van der Waals surface area contributed by atoms with Crippen molar-refractivity contribution in [2.45, 2.75) is 6.04 Å². The van der Waals surface area contributed by atoms with E-state index in [1.165, 1.54) is 19.2 Å². The van der Waals surface area contributed by atoms with Crippen molar-refractivity contribution in [1.29, 1.82) is 0 Å². The third kappa shape index (κ3) is 3.63. The molecule has 8 heteroatoms. The van der Waals surface area contributed by atoms with Crippen molar-refractivity contribution in [3.63, 3.8) is 0 Å². The van der Waals surface area contributed by atoms with Crippen LogP contribution in [0, 0.1) is 10.1 Å². The van der Waals surface area contributed by atoms with Gasteiger partial charge in [0.1, 0.15) is 5.69 Å². The number of carbonyl (C=O) groups is 1. The predicted octanol–water partition coefficient (Wildman–Crippen LogP) is 0.146. The van der Waals surface area contributed by atoms with Gasteiger partial charge in [0.25, 0.3) is 5.69 Å². The van der Waals surface area contributed by atoms with E-state index >= 15 is 0 Å². The second-order valence-corrected chi connectivity index (χ2v) is 3.69. The molecule has 104 valence electrons. The van der Waals surface area contributed by atoms with Gasteiger partial charge in [0.05, 0.1) is 36.9 Å². The summed E-state index contributed by atoms with van der Waals surface area (Å²) in [6.07, 6.45) is 0. The van der Waals surface area contributed by atoms with E-state index in [1.54, 1.807) is 0 Å². The summed E-state index contributed by atoms with van der Waals surface area (Å²) in [6.45, 7) is -0.813. The number of nitro benzene ring substituents is 1. The van der Waals surface area contributed by atoms with Crippen LogP contribution in [0.3, 0.4) is 0 Å². The lowest BCUT2D eigenvalue weighted by molar-refractivity contribution is -0.384. The molecule has 0 aliphatic rings. The van der Waals surface area contributed by atoms with Gasteiger partial charge in [0, 0.05) is 6.07 Å². The average Bonchev–Trinajstić information content (AvgIpc) is 2.43. The molecule has 1 aromatic rings. The number of anilines is 1. The van der Waals surface area contributed by atoms with Crippen LogP contribution in [-0.2, 0) is 4.74 Å². The van der Waals surface area contributed by atoms with Gasteiger partial charge in [0.15, 0.2) is 0 Å². The summed E-state index contributed by atoms with van der Waals surface area (Å²) >= 11 is 0. The second kappa shape index (κ2) is 6.66. The van der Waals surface area contributed by atoms with Crippen LogP contribution in [0.1, 0.15) is 10.4 Å². The van der Waals surface area contributed by atoms with E-state index in [0.717, 1.165) is 6.07 Å². The smallest absolute Gasteiger partial charge is 0.337 e. The van der Waals surface area contributed by atoms with Gasteiger partial charge in [0.2, 0.25) is 0 Å². The zero-order valence-electron chi connectivity index (χ0n) is 10.2. The van der Waals surface area contributed by atoms with Gasteiger partial charge in [-0.15, -0.1) is 0 Å². The Labute approximate surface area is 108 Å². The molecule has 19 heavy (non-hydrogen) atoms. The summed E-state index contributed by atoms with van der Waals surface area (Å²) in [5.41, 5.74) is -0.106. The molecule has 1 aromatic carbocycles. The number of nitro groups is 1. The molecule has 0 saturated heterocycles. The largest absolute Gasteiger partial charge is 0.465 e. The Morgan fingerprint density at radius 3 is 2.58 bits per heavy atom. The Kier molecular flexibility index (Phi) is 5.22. The van der Waals surface area contributed by atoms with Crippen LogP contribution in [0.15, 0.2) is 18.2 Å². The fraction of sp³-hybridized carbons (Fsp3) is 0.364. The molecule has 0 aliphatic carbocycles. The van der Waals surface area contributed by atoms with Gasteiger partial charge in [-0.2, -0.15) is 0 Å². The molecule has 0 radical (unpaired) electrons. The fourth-order valence-corrected chi connectivity index (χ4v) is 1.42. The first-order chi connectivity index (χ1) is 9.03. The van der Waals surface area contributed by atoms with Crippen LogP contribution in [0.5, 0.6) is 0 Å². The predicted molar refractivity (Wildman–Crippen MR) is 66.0 cm³/mol. The molecule has 0 spiro atoms. The highest BCUT2D eigenvalue weighted by atomic mass is 16.6. The van der Waals surface area contributed by atoms with Crippen molar-refractivity contribution in [3.8, 4) is 0 Å². The molecule has 0 bridgehead atoms. The quantitative estimate of drug-likeness (QED) is 0.382. The highest BCUT2D eigenvalue weighted by Gasteiger charge is 2.19. The van der Waals surface area contributed by atoms with Crippen LogP contribution in [0.2, 0.25) is 0 Å². The number of aliphatic hydroxyl groups is 2. The lowest BCUT2D eigenvalue weighted by Crippen LogP contribution is -2.28. The first-order valence-corrected chi connectivity index (χ1v) is 5.38. The minimum absolute atomic E-state index is 0.0287. The number of ether oxygens (including phenoxy) is 1. The van der Waals surface area contributed by atoms with Crippen molar-refractivity contribution in [3.05, 3.63) is 33.9 Å². The van der Waals surface area contributed by atoms with Crippen molar-refractivity contribution >= 4 is 17.3 Å². The number of methoxy groups -OCH3 is 1. The third-order valence-corrected chi connectivity index (χ3v) is 2.41. The Bertz CT molecular complexity index is 472. The van der Waals surface area contributed by atoms with Gasteiger partial charge in [-0.05, 0) is 12.1 Å².